The lowest BCUT2D eigenvalue weighted by Crippen LogP contribution is -2.12. The van der Waals surface area contributed by atoms with Gasteiger partial charge in [0, 0.05) is 5.56 Å². The zero-order valence-electron chi connectivity index (χ0n) is 7.27. The maximum absolute atomic E-state index is 11.0. The number of hydrogen-bond acceptors (Lipinski definition) is 3. The van der Waals surface area contributed by atoms with E-state index in [0.29, 0.717) is 5.69 Å². The number of carbonyl (C=O) groups is 1. The van der Waals surface area contributed by atoms with Crippen molar-refractivity contribution in [1.82, 2.24) is 15.4 Å². The van der Waals surface area contributed by atoms with Crippen molar-refractivity contribution in [3.8, 4) is 11.3 Å². The third-order valence-electron chi connectivity index (χ3n) is 1.84. The van der Waals surface area contributed by atoms with E-state index in [2.05, 4.69) is 15.4 Å². The van der Waals surface area contributed by atoms with Gasteiger partial charge < -0.3 is 5.73 Å². The first-order chi connectivity index (χ1) is 6.79. The van der Waals surface area contributed by atoms with E-state index in [0.717, 1.165) is 5.56 Å². The van der Waals surface area contributed by atoms with Crippen molar-refractivity contribution < 1.29 is 4.79 Å². The number of rotatable bonds is 2. The summed E-state index contributed by atoms with van der Waals surface area (Å²) >= 11 is 0. The zero-order valence-corrected chi connectivity index (χ0v) is 7.27. The van der Waals surface area contributed by atoms with Gasteiger partial charge in [0.1, 0.15) is 5.69 Å². The van der Waals surface area contributed by atoms with Crippen molar-refractivity contribution in [3.05, 3.63) is 36.0 Å². The molecule has 0 atom stereocenters. The number of amides is 1. The molecule has 5 nitrogen and oxygen atoms in total. The Morgan fingerprint density at radius 3 is 2.64 bits per heavy atom. The molecule has 70 valence electrons. The first kappa shape index (κ1) is 8.43. The number of nitrogens with one attached hydrogen (secondary N) is 1. The Labute approximate surface area is 79.9 Å². The van der Waals surface area contributed by atoms with Crippen LogP contribution >= 0.6 is 0 Å². The SMILES string of the molecule is NC(=O)c1[nH]nnc1-c1ccccc1. The van der Waals surface area contributed by atoms with Gasteiger partial charge in [-0.25, -0.2) is 0 Å². The van der Waals surface area contributed by atoms with Crippen LogP contribution in [0.2, 0.25) is 0 Å². The molecule has 1 aromatic heterocycles. The van der Waals surface area contributed by atoms with Gasteiger partial charge in [-0.05, 0) is 0 Å². The Balaban J connectivity index is 2.52. The van der Waals surface area contributed by atoms with E-state index in [1.165, 1.54) is 0 Å². The molecule has 0 saturated carbocycles. The average molecular weight is 188 g/mol. The Bertz CT molecular complexity index is 449. The highest BCUT2D eigenvalue weighted by atomic mass is 16.1. The Kier molecular flexibility index (Phi) is 1.98. The van der Waals surface area contributed by atoms with Crippen LogP contribution in [-0.4, -0.2) is 21.3 Å². The third-order valence-corrected chi connectivity index (χ3v) is 1.84. The summed E-state index contributed by atoms with van der Waals surface area (Å²) in [7, 11) is 0. The molecule has 5 heteroatoms. The fourth-order valence-corrected chi connectivity index (χ4v) is 1.20. The number of nitrogens with two attached hydrogens (primary N) is 1. The molecular weight excluding hydrogens is 180 g/mol. The van der Waals surface area contributed by atoms with Crippen LogP contribution in [-0.2, 0) is 0 Å². The van der Waals surface area contributed by atoms with Crippen LogP contribution in [0.15, 0.2) is 30.3 Å². The summed E-state index contributed by atoms with van der Waals surface area (Å²) in [6, 6.07) is 9.27. The molecule has 0 unspecified atom stereocenters. The molecule has 2 aromatic rings. The van der Waals surface area contributed by atoms with Crippen molar-refractivity contribution in [3.63, 3.8) is 0 Å². The molecule has 0 saturated heterocycles. The minimum Gasteiger partial charge on any atom is -0.364 e. The maximum atomic E-state index is 11.0. The van der Waals surface area contributed by atoms with Crippen LogP contribution in [0.5, 0.6) is 0 Å². The van der Waals surface area contributed by atoms with Crippen LogP contribution in [0.1, 0.15) is 10.5 Å². The molecular formula is C9H8N4O. The lowest BCUT2D eigenvalue weighted by Gasteiger charge is -1.96. The molecule has 1 amide bonds. The average Bonchev–Trinajstić information content (AvgIpc) is 2.67. The predicted molar refractivity (Wildman–Crippen MR) is 50.3 cm³/mol. The van der Waals surface area contributed by atoms with Crippen molar-refractivity contribution in [2.24, 2.45) is 5.73 Å². The normalized spacial score (nSPS) is 10.0. The van der Waals surface area contributed by atoms with Crippen LogP contribution in [0, 0.1) is 0 Å². The zero-order chi connectivity index (χ0) is 9.97. The number of benzene rings is 1. The van der Waals surface area contributed by atoms with E-state index in [9.17, 15) is 4.79 Å². The molecule has 3 N–H and O–H groups in total. The molecule has 1 heterocycles. The summed E-state index contributed by atoms with van der Waals surface area (Å²) in [6.07, 6.45) is 0. The number of H-pyrrole nitrogens is 1. The standard InChI is InChI=1S/C9H8N4O/c10-9(14)8-7(11-13-12-8)6-4-2-1-3-5-6/h1-5H,(H2,10,14)(H,11,12,13). The topological polar surface area (TPSA) is 84.7 Å². The van der Waals surface area contributed by atoms with Gasteiger partial charge >= 0.3 is 0 Å². The molecule has 0 aliphatic heterocycles. The first-order valence-electron chi connectivity index (χ1n) is 4.05. The van der Waals surface area contributed by atoms with Crippen LogP contribution in [0.25, 0.3) is 11.3 Å². The molecule has 0 spiro atoms. The van der Waals surface area contributed by atoms with Gasteiger partial charge in [-0.15, -0.1) is 5.10 Å². The quantitative estimate of drug-likeness (QED) is 0.722. The molecule has 14 heavy (non-hydrogen) atoms. The highest BCUT2D eigenvalue weighted by Crippen LogP contribution is 2.17. The first-order valence-corrected chi connectivity index (χ1v) is 4.05. The molecule has 0 aliphatic carbocycles. The minimum atomic E-state index is -0.561. The second-order valence-corrected chi connectivity index (χ2v) is 2.77. The summed E-state index contributed by atoms with van der Waals surface area (Å²) in [5.41, 5.74) is 6.68. The van der Waals surface area contributed by atoms with Gasteiger partial charge in [0.05, 0.1) is 0 Å². The van der Waals surface area contributed by atoms with Gasteiger partial charge in [-0.3, -0.25) is 9.89 Å². The third kappa shape index (κ3) is 1.35. The predicted octanol–water partition coefficient (Wildman–Crippen LogP) is 0.571. The summed E-state index contributed by atoms with van der Waals surface area (Å²) in [6.45, 7) is 0. The van der Waals surface area contributed by atoms with Crippen LogP contribution in [0.4, 0.5) is 0 Å². The molecule has 0 bridgehead atoms. The smallest absolute Gasteiger partial charge is 0.269 e. The second kappa shape index (κ2) is 3.29. The van der Waals surface area contributed by atoms with E-state index in [1.54, 1.807) is 0 Å². The van der Waals surface area contributed by atoms with E-state index in [1.807, 2.05) is 30.3 Å². The van der Waals surface area contributed by atoms with E-state index >= 15 is 0 Å². The fourth-order valence-electron chi connectivity index (χ4n) is 1.20. The fraction of sp³-hybridized carbons (Fsp3) is 0. The lowest BCUT2D eigenvalue weighted by atomic mass is 10.1. The molecule has 0 aliphatic rings. The van der Waals surface area contributed by atoms with Gasteiger partial charge in [-0.1, -0.05) is 35.5 Å². The highest BCUT2D eigenvalue weighted by Gasteiger charge is 2.13. The van der Waals surface area contributed by atoms with E-state index in [-0.39, 0.29) is 5.69 Å². The van der Waals surface area contributed by atoms with Gasteiger partial charge in [0.25, 0.3) is 5.91 Å². The number of aromatic amines is 1. The minimum absolute atomic E-state index is 0.233. The monoisotopic (exact) mass is 188 g/mol. The summed E-state index contributed by atoms with van der Waals surface area (Å²) in [4.78, 5) is 11.0. The van der Waals surface area contributed by atoms with Gasteiger partial charge in [0.2, 0.25) is 0 Å². The Morgan fingerprint density at radius 1 is 1.29 bits per heavy atom. The molecule has 1 aromatic carbocycles. The summed E-state index contributed by atoms with van der Waals surface area (Å²) in [5.74, 6) is -0.561. The largest absolute Gasteiger partial charge is 0.364 e. The number of carbonyl (C=O) groups excluding carboxylic acids is 1. The van der Waals surface area contributed by atoms with Gasteiger partial charge in [0.15, 0.2) is 5.69 Å². The Hall–Kier alpha value is -2.17. The molecule has 2 rings (SSSR count). The van der Waals surface area contributed by atoms with Crippen molar-refractivity contribution in [1.29, 1.82) is 0 Å². The van der Waals surface area contributed by atoms with Gasteiger partial charge in [-0.2, -0.15) is 0 Å². The lowest BCUT2D eigenvalue weighted by molar-refractivity contribution is 0.0996. The highest BCUT2D eigenvalue weighted by molar-refractivity contribution is 5.96. The number of nitrogens with zero attached hydrogens (tertiary/aromatic N) is 2. The number of primary amides is 1. The molecule has 0 fully saturated rings. The Morgan fingerprint density at radius 2 is 2.00 bits per heavy atom. The maximum Gasteiger partial charge on any atom is 0.269 e. The molecule has 0 radical (unpaired) electrons. The second-order valence-electron chi connectivity index (χ2n) is 2.77. The van der Waals surface area contributed by atoms with Crippen LogP contribution < -0.4 is 5.73 Å². The summed E-state index contributed by atoms with van der Waals surface area (Å²) in [5, 5.41) is 9.81. The van der Waals surface area contributed by atoms with Crippen molar-refractivity contribution >= 4 is 5.91 Å². The van der Waals surface area contributed by atoms with Crippen molar-refractivity contribution in [2.75, 3.05) is 0 Å². The van der Waals surface area contributed by atoms with E-state index < -0.39 is 5.91 Å². The van der Waals surface area contributed by atoms with Crippen molar-refractivity contribution in [2.45, 2.75) is 0 Å². The number of aromatic nitrogens is 3. The summed E-state index contributed by atoms with van der Waals surface area (Å²) < 4.78 is 0. The van der Waals surface area contributed by atoms with E-state index in [4.69, 9.17) is 5.73 Å². The van der Waals surface area contributed by atoms with Crippen LogP contribution in [0.3, 0.4) is 0 Å². The number of hydrogen-bond donors (Lipinski definition) is 2.